The summed E-state index contributed by atoms with van der Waals surface area (Å²) in [6.07, 6.45) is 4.93. The van der Waals surface area contributed by atoms with Crippen LogP contribution in [0, 0.1) is 5.92 Å². The van der Waals surface area contributed by atoms with Crippen LogP contribution in [0.5, 0.6) is 0 Å². The minimum absolute atomic E-state index is 0.373. The molecule has 0 saturated heterocycles. The lowest BCUT2D eigenvalue weighted by Crippen LogP contribution is -2.28. The summed E-state index contributed by atoms with van der Waals surface area (Å²) < 4.78 is 0. The molecule has 0 radical (unpaired) electrons. The lowest BCUT2D eigenvalue weighted by Gasteiger charge is -2.14. The molecule has 1 aromatic heterocycles. The molecule has 0 N–H and O–H groups in total. The van der Waals surface area contributed by atoms with E-state index in [9.17, 15) is 4.79 Å². The highest BCUT2D eigenvalue weighted by atomic mass is 16.1. The standard InChI is InChI=1S/C13H18N2O/c1-15(10-13(16)11-5-6-11)9-7-12-4-2-3-8-14-12/h2-4,8,11H,5-7,9-10H2,1H3. The number of Topliss-reactive ketones (excluding diaryl/α,β-unsaturated/α-hetero) is 1. The second-order valence-electron chi connectivity index (χ2n) is 4.55. The van der Waals surface area contributed by atoms with Gasteiger partial charge in [-0.15, -0.1) is 0 Å². The van der Waals surface area contributed by atoms with Gasteiger partial charge in [0, 0.05) is 30.8 Å². The Hall–Kier alpha value is -1.22. The Morgan fingerprint density at radius 1 is 1.50 bits per heavy atom. The highest BCUT2D eigenvalue weighted by Crippen LogP contribution is 2.29. The molecule has 0 aliphatic heterocycles. The Labute approximate surface area is 96.5 Å². The molecule has 16 heavy (non-hydrogen) atoms. The molecule has 1 fully saturated rings. The van der Waals surface area contributed by atoms with Crippen LogP contribution in [0.4, 0.5) is 0 Å². The zero-order valence-electron chi connectivity index (χ0n) is 9.72. The fourth-order valence-electron chi connectivity index (χ4n) is 1.73. The van der Waals surface area contributed by atoms with Crippen LogP contribution >= 0.6 is 0 Å². The Balaban J connectivity index is 1.71. The van der Waals surface area contributed by atoms with Gasteiger partial charge < -0.3 is 0 Å². The topological polar surface area (TPSA) is 33.2 Å². The highest BCUT2D eigenvalue weighted by Gasteiger charge is 2.29. The molecule has 2 rings (SSSR count). The first-order valence-electron chi connectivity index (χ1n) is 5.87. The van der Waals surface area contributed by atoms with E-state index in [0.29, 0.717) is 18.2 Å². The van der Waals surface area contributed by atoms with Gasteiger partial charge in [0.25, 0.3) is 0 Å². The summed E-state index contributed by atoms with van der Waals surface area (Å²) in [7, 11) is 2.00. The molecule has 0 amide bonds. The summed E-state index contributed by atoms with van der Waals surface area (Å²) in [5.74, 6) is 0.779. The molecule has 1 saturated carbocycles. The fourth-order valence-corrected chi connectivity index (χ4v) is 1.73. The number of carbonyl (C=O) groups excluding carboxylic acids is 1. The van der Waals surface area contributed by atoms with Crippen molar-refractivity contribution in [1.29, 1.82) is 0 Å². The van der Waals surface area contributed by atoms with E-state index in [1.54, 1.807) is 0 Å². The van der Waals surface area contributed by atoms with Crippen molar-refractivity contribution in [3.8, 4) is 0 Å². The predicted octanol–water partition coefficient (Wildman–Crippen LogP) is 1.53. The third-order valence-corrected chi connectivity index (χ3v) is 2.93. The number of nitrogens with zero attached hydrogens (tertiary/aromatic N) is 2. The van der Waals surface area contributed by atoms with E-state index in [-0.39, 0.29) is 0 Å². The molecule has 1 heterocycles. The molecular weight excluding hydrogens is 200 g/mol. The molecule has 1 aliphatic rings. The van der Waals surface area contributed by atoms with E-state index in [1.165, 1.54) is 0 Å². The van der Waals surface area contributed by atoms with E-state index in [1.807, 2.05) is 31.4 Å². The summed E-state index contributed by atoms with van der Waals surface area (Å²) in [5, 5.41) is 0. The first-order valence-corrected chi connectivity index (χ1v) is 5.87. The van der Waals surface area contributed by atoms with E-state index in [0.717, 1.165) is 31.5 Å². The molecule has 3 heteroatoms. The van der Waals surface area contributed by atoms with Gasteiger partial charge in [-0.05, 0) is 32.0 Å². The molecular formula is C13H18N2O. The maximum Gasteiger partial charge on any atom is 0.149 e. The van der Waals surface area contributed by atoms with E-state index in [4.69, 9.17) is 0 Å². The smallest absolute Gasteiger partial charge is 0.149 e. The Kier molecular flexibility index (Phi) is 3.67. The summed E-state index contributed by atoms with van der Waals surface area (Å²) in [6, 6.07) is 5.94. The molecule has 1 aromatic rings. The van der Waals surface area contributed by atoms with Gasteiger partial charge >= 0.3 is 0 Å². The van der Waals surface area contributed by atoms with E-state index in [2.05, 4.69) is 9.88 Å². The maximum atomic E-state index is 11.6. The molecule has 86 valence electrons. The first-order chi connectivity index (χ1) is 7.75. The van der Waals surface area contributed by atoms with Gasteiger partial charge in [0.05, 0.1) is 6.54 Å². The van der Waals surface area contributed by atoms with Gasteiger partial charge in [-0.25, -0.2) is 0 Å². The van der Waals surface area contributed by atoms with Gasteiger partial charge in [-0.3, -0.25) is 14.7 Å². The molecule has 0 bridgehead atoms. The average molecular weight is 218 g/mol. The van der Waals surface area contributed by atoms with Gasteiger partial charge in [-0.2, -0.15) is 0 Å². The van der Waals surface area contributed by atoms with Gasteiger partial charge in [0.1, 0.15) is 5.78 Å². The van der Waals surface area contributed by atoms with Crippen molar-refractivity contribution in [2.24, 2.45) is 5.92 Å². The number of hydrogen-bond acceptors (Lipinski definition) is 3. The van der Waals surface area contributed by atoms with Crippen LogP contribution in [0.15, 0.2) is 24.4 Å². The van der Waals surface area contributed by atoms with E-state index >= 15 is 0 Å². The summed E-state index contributed by atoms with van der Waals surface area (Å²) in [6.45, 7) is 1.49. The lowest BCUT2D eigenvalue weighted by atomic mass is 10.2. The Morgan fingerprint density at radius 3 is 2.94 bits per heavy atom. The van der Waals surface area contributed by atoms with Crippen molar-refractivity contribution in [2.45, 2.75) is 19.3 Å². The minimum Gasteiger partial charge on any atom is -0.299 e. The SMILES string of the molecule is CN(CCc1ccccn1)CC(=O)C1CC1. The second kappa shape index (κ2) is 5.21. The van der Waals surface area contributed by atoms with Gasteiger partial charge in [0.15, 0.2) is 0 Å². The van der Waals surface area contributed by atoms with Crippen molar-refractivity contribution >= 4 is 5.78 Å². The van der Waals surface area contributed by atoms with E-state index < -0.39 is 0 Å². The zero-order valence-corrected chi connectivity index (χ0v) is 9.72. The van der Waals surface area contributed by atoms with Crippen LogP contribution in [-0.4, -0.2) is 35.8 Å². The minimum atomic E-state index is 0.373. The first kappa shape index (κ1) is 11.3. The zero-order chi connectivity index (χ0) is 11.4. The quantitative estimate of drug-likeness (QED) is 0.726. The predicted molar refractivity (Wildman–Crippen MR) is 63.2 cm³/mol. The lowest BCUT2D eigenvalue weighted by molar-refractivity contribution is -0.121. The number of ketones is 1. The average Bonchev–Trinajstić information content (AvgIpc) is 3.11. The number of carbonyl (C=O) groups is 1. The molecule has 1 aliphatic carbocycles. The third-order valence-electron chi connectivity index (χ3n) is 2.93. The monoisotopic (exact) mass is 218 g/mol. The summed E-state index contributed by atoms with van der Waals surface area (Å²) in [4.78, 5) is 17.9. The van der Waals surface area contributed by atoms with Crippen molar-refractivity contribution < 1.29 is 4.79 Å². The third kappa shape index (κ3) is 3.42. The van der Waals surface area contributed by atoms with Crippen LogP contribution in [-0.2, 0) is 11.2 Å². The van der Waals surface area contributed by atoms with Crippen molar-refractivity contribution in [3.63, 3.8) is 0 Å². The largest absolute Gasteiger partial charge is 0.299 e. The van der Waals surface area contributed by atoms with Crippen molar-refractivity contribution in [2.75, 3.05) is 20.1 Å². The molecule has 3 nitrogen and oxygen atoms in total. The number of likely N-dealkylation sites (N-methyl/N-ethyl adjacent to an activating group) is 1. The fraction of sp³-hybridized carbons (Fsp3) is 0.538. The molecule has 0 aromatic carbocycles. The van der Waals surface area contributed by atoms with Gasteiger partial charge in [-0.1, -0.05) is 6.07 Å². The number of hydrogen-bond donors (Lipinski definition) is 0. The normalized spacial score (nSPS) is 15.4. The van der Waals surface area contributed by atoms with Crippen LogP contribution in [0.25, 0.3) is 0 Å². The summed E-state index contributed by atoms with van der Waals surface area (Å²) in [5.41, 5.74) is 1.09. The van der Waals surface area contributed by atoms with Crippen LogP contribution in [0.2, 0.25) is 0 Å². The Bertz CT molecular complexity index is 346. The number of pyridine rings is 1. The number of aromatic nitrogens is 1. The molecule has 0 spiro atoms. The van der Waals surface area contributed by atoms with Crippen molar-refractivity contribution in [3.05, 3.63) is 30.1 Å². The molecule has 0 unspecified atom stereocenters. The van der Waals surface area contributed by atoms with Gasteiger partial charge in [0.2, 0.25) is 0 Å². The van der Waals surface area contributed by atoms with Crippen molar-refractivity contribution in [1.82, 2.24) is 9.88 Å². The number of rotatable bonds is 6. The summed E-state index contributed by atoms with van der Waals surface area (Å²) >= 11 is 0. The molecule has 0 atom stereocenters. The van der Waals surface area contributed by atoms with Crippen LogP contribution < -0.4 is 0 Å². The Morgan fingerprint density at radius 2 is 2.31 bits per heavy atom. The second-order valence-corrected chi connectivity index (χ2v) is 4.55. The van der Waals surface area contributed by atoms with Crippen LogP contribution in [0.3, 0.4) is 0 Å². The highest BCUT2D eigenvalue weighted by molar-refractivity contribution is 5.84. The maximum absolute atomic E-state index is 11.6. The van der Waals surface area contributed by atoms with Crippen LogP contribution in [0.1, 0.15) is 18.5 Å².